The van der Waals surface area contributed by atoms with E-state index in [2.05, 4.69) is 17.4 Å². The van der Waals surface area contributed by atoms with Crippen LogP contribution in [-0.4, -0.2) is 24.5 Å². The molecule has 2 aliphatic rings. The van der Waals surface area contributed by atoms with E-state index in [0.717, 1.165) is 32.2 Å². The van der Waals surface area contributed by atoms with Gasteiger partial charge in [-0.25, -0.2) is 4.79 Å². The zero-order valence-electron chi connectivity index (χ0n) is 11.4. The molecule has 1 aliphatic carbocycles. The van der Waals surface area contributed by atoms with Gasteiger partial charge in [-0.1, -0.05) is 24.3 Å². The molecule has 4 heteroatoms. The van der Waals surface area contributed by atoms with Gasteiger partial charge in [-0.3, -0.25) is 4.79 Å². The van der Waals surface area contributed by atoms with Crippen LogP contribution in [0.5, 0.6) is 0 Å². The first kappa shape index (κ1) is 13.3. The molecule has 1 atom stereocenters. The Kier molecular flexibility index (Phi) is 3.83. The van der Waals surface area contributed by atoms with E-state index in [4.69, 9.17) is 4.74 Å². The predicted octanol–water partition coefficient (Wildman–Crippen LogP) is 1.61. The second kappa shape index (κ2) is 5.75. The summed E-state index contributed by atoms with van der Waals surface area (Å²) in [5, 5.41) is 3.04. The minimum atomic E-state index is -0.414. The van der Waals surface area contributed by atoms with E-state index in [9.17, 15) is 9.59 Å². The highest BCUT2D eigenvalue weighted by Gasteiger charge is 2.28. The van der Waals surface area contributed by atoms with Crippen LogP contribution in [0.2, 0.25) is 0 Å². The average Bonchev–Trinajstić information content (AvgIpc) is 3.07. The van der Waals surface area contributed by atoms with E-state index in [0.29, 0.717) is 6.42 Å². The first-order chi connectivity index (χ1) is 9.72. The van der Waals surface area contributed by atoms with Crippen LogP contribution in [0.25, 0.3) is 0 Å². The summed E-state index contributed by atoms with van der Waals surface area (Å²) in [5.41, 5.74) is 2.63. The number of rotatable bonds is 3. The van der Waals surface area contributed by atoms with Gasteiger partial charge >= 0.3 is 11.9 Å². The van der Waals surface area contributed by atoms with Crippen molar-refractivity contribution < 1.29 is 14.3 Å². The molecule has 0 amide bonds. The van der Waals surface area contributed by atoms with Crippen molar-refractivity contribution in [3.8, 4) is 0 Å². The molecule has 0 aromatic heterocycles. The SMILES string of the molecule is O=C(CC1Cc2ccccc2C1)OC(=O)[C@@H]1CCCN1. The minimum Gasteiger partial charge on any atom is -0.392 e. The van der Waals surface area contributed by atoms with Gasteiger partial charge in [0, 0.05) is 6.42 Å². The van der Waals surface area contributed by atoms with E-state index in [1.807, 2.05) is 12.1 Å². The van der Waals surface area contributed by atoms with Crippen LogP contribution in [0.3, 0.4) is 0 Å². The molecule has 106 valence electrons. The molecule has 0 bridgehead atoms. The largest absolute Gasteiger partial charge is 0.392 e. The van der Waals surface area contributed by atoms with Crippen LogP contribution in [0, 0.1) is 5.92 Å². The molecule has 1 heterocycles. The van der Waals surface area contributed by atoms with Crippen LogP contribution in [0.15, 0.2) is 24.3 Å². The van der Waals surface area contributed by atoms with Crippen molar-refractivity contribution >= 4 is 11.9 Å². The number of benzene rings is 1. The van der Waals surface area contributed by atoms with Crippen molar-refractivity contribution in [3.63, 3.8) is 0 Å². The molecule has 1 aromatic carbocycles. The molecule has 1 aliphatic heterocycles. The van der Waals surface area contributed by atoms with Crippen molar-refractivity contribution in [1.29, 1.82) is 0 Å². The highest BCUT2D eigenvalue weighted by Crippen LogP contribution is 2.28. The number of carbonyl (C=O) groups is 2. The summed E-state index contributed by atoms with van der Waals surface area (Å²) in [7, 11) is 0. The van der Waals surface area contributed by atoms with Crippen LogP contribution in [0.1, 0.15) is 30.4 Å². The van der Waals surface area contributed by atoms with Gasteiger partial charge in [0.1, 0.15) is 6.04 Å². The number of hydrogen-bond acceptors (Lipinski definition) is 4. The molecule has 1 aromatic rings. The summed E-state index contributed by atoms with van der Waals surface area (Å²) < 4.78 is 4.95. The van der Waals surface area contributed by atoms with Gasteiger partial charge in [-0.05, 0) is 49.3 Å². The summed E-state index contributed by atoms with van der Waals surface area (Å²) in [5.74, 6) is -0.534. The zero-order chi connectivity index (χ0) is 13.9. The number of ether oxygens (including phenoxy) is 1. The van der Waals surface area contributed by atoms with Gasteiger partial charge in [0.25, 0.3) is 0 Å². The van der Waals surface area contributed by atoms with Crippen LogP contribution >= 0.6 is 0 Å². The third-order valence-corrected chi connectivity index (χ3v) is 4.15. The molecule has 4 nitrogen and oxygen atoms in total. The van der Waals surface area contributed by atoms with Crippen LogP contribution in [-0.2, 0) is 27.2 Å². The van der Waals surface area contributed by atoms with Crippen molar-refractivity contribution in [2.45, 2.75) is 38.1 Å². The second-order valence-corrected chi connectivity index (χ2v) is 5.69. The minimum absolute atomic E-state index is 0.268. The predicted molar refractivity (Wildman–Crippen MR) is 74.1 cm³/mol. The topological polar surface area (TPSA) is 55.4 Å². The Bertz CT molecular complexity index is 495. The summed E-state index contributed by atoms with van der Waals surface area (Å²) in [6.45, 7) is 0.825. The maximum atomic E-state index is 11.8. The Morgan fingerprint density at radius 3 is 2.50 bits per heavy atom. The fraction of sp³-hybridized carbons (Fsp3) is 0.500. The first-order valence-electron chi connectivity index (χ1n) is 7.27. The zero-order valence-corrected chi connectivity index (χ0v) is 11.4. The summed E-state index contributed by atoms with van der Waals surface area (Å²) in [6, 6.07) is 7.96. The standard InChI is InChI=1S/C16H19NO3/c18-15(20-16(19)14-6-3-7-17-14)10-11-8-12-4-1-2-5-13(12)9-11/h1-2,4-5,11,14,17H,3,6-10H2/t14-/m0/s1. The molecular weight excluding hydrogens is 254 g/mol. The maximum absolute atomic E-state index is 11.8. The third kappa shape index (κ3) is 2.90. The van der Waals surface area contributed by atoms with Crippen LogP contribution < -0.4 is 5.32 Å². The molecule has 0 radical (unpaired) electrons. The summed E-state index contributed by atoms with van der Waals surface area (Å²) >= 11 is 0. The Morgan fingerprint density at radius 2 is 1.90 bits per heavy atom. The van der Waals surface area contributed by atoms with Gasteiger partial charge in [-0.15, -0.1) is 0 Å². The molecule has 1 saturated heterocycles. The quantitative estimate of drug-likeness (QED) is 0.671. The lowest BCUT2D eigenvalue weighted by molar-refractivity contribution is -0.161. The Hall–Kier alpha value is -1.68. The molecule has 0 saturated carbocycles. The lowest BCUT2D eigenvalue weighted by Gasteiger charge is -2.11. The van der Waals surface area contributed by atoms with Crippen molar-refractivity contribution in [2.24, 2.45) is 5.92 Å². The fourth-order valence-electron chi connectivity index (χ4n) is 3.14. The summed E-state index contributed by atoms with van der Waals surface area (Å²) in [6.07, 6.45) is 3.86. The molecule has 0 spiro atoms. The molecular formula is C16H19NO3. The number of nitrogens with one attached hydrogen (secondary N) is 1. The summed E-state index contributed by atoms with van der Waals surface area (Å²) in [4.78, 5) is 23.6. The highest BCUT2D eigenvalue weighted by molar-refractivity contribution is 5.88. The Morgan fingerprint density at radius 1 is 1.20 bits per heavy atom. The molecule has 20 heavy (non-hydrogen) atoms. The number of carbonyl (C=O) groups excluding carboxylic acids is 2. The average molecular weight is 273 g/mol. The molecule has 0 unspecified atom stereocenters. The molecule has 3 rings (SSSR count). The molecule has 1 fully saturated rings. The first-order valence-corrected chi connectivity index (χ1v) is 7.27. The van der Waals surface area contributed by atoms with E-state index < -0.39 is 5.97 Å². The van der Waals surface area contributed by atoms with Crippen molar-refractivity contribution in [1.82, 2.24) is 5.32 Å². The van der Waals surface area contributed by atoms with Crippen LogP contribution in [0.4, 0.5) is 0 Å². The van der Waals surface area contributed by atoms with Gasteiger partial charge in [0.15, 0.2) is 0 Å². The Balaban J connectivity index is 1.49. The normalized spacial score (nSPS) is 21.7. The smallest absolute Gasteiger partial charge is 0.330 e. The van der Waals surface area contributed by atoms with E-state index in [1.165, 1.54) is 11.1 Å². The number of hydrogen-bond donors (Lipinski definition) is 1. The van der Waals surface area contributed by atoms with Crippen molar-refractivity contribution in [2.75, 3.05) is 6.54 Å². The van der Waals surface area contributed by atoms with Crippen molar-refractivity contribution in [3.05, 3.63) is 35.4 Å². The van der Waals surface area contributed by atoms with E-state index >= 15 is 0 Å². The van der Waals surface area contributed by atoms with E-state index in [1.54, 1.807) is 0 Å². The fourth-order valence-corrected chi connectivity index (χ4v) is 3.14. The van der Waals surface area contributed by atoms with Gasteiger partial charge in [0.05, 0.1) is 0 Å². The van der Waals surface area contributed by atoms with Gasteiger partial charge in [0.2, 0.25) is 0 Å². The van der Waals surface area contributed by atoms with E-state index in [-0.39, 0.29) is 17.9 Å². The lowest BCUT2D eigenvalue weighted by Crippen LogP contribution is -2.34. The third-order valence-electron chi connectivity index (χ3n) is 4.15. The van der Waals surface area contributed by atoms with Gasteiger partial charge in [-0.2, -0.15) is 0 Å². The highest BCUT2D eigenvalue weighted by atomic mass is 16.6. The number of esters is 2. The van der Waals surface area contributed by atoms with Gasteiger partial charge < -0.3 is 10.1 Å². The number of fused-ring (bicyclic) bond motifs is 1. The Labute approximate surface area is 118 Å². The lowest BCUT2D eigenvalue weighted by atomic mass is 10.0. The maximum Gasteiger partial charge on any atom is 0.330 e. The molecule has 1 N–H and O–H groups in total. The second-order valence-electron chi connectivity index (χ2n) is 5.69. The monoisotopic (exact) mass is 273 g/mol.